The van der Waals surface area contributed by atoms with Gasteiger partial charge in [-0.05, 0) is 41.3 Å². The number of hydrogen-bond donors (Lipinski definition) is 1. The number of nitrogen functional groups attached to an aromatic ring is 1. The number of fused-ring (bicyclic) bond motifs is 3. The molecule has 3 heteroatoms. The zero-order chi connectivity index (χ0) is 10.4. The third kappa shape index (κ3) is 1.23. The average molecular weight is 217 g/mol. The Morgan fingerprint density at radius 3 is 2.93 bits per heavy atom. The molecule has 0 saturated heterocycles. The molecule has 2 aromatic rings. The van der Waals surface area contributed by atoms with Crippen molar-refractivity contribution in [1.82, 2.24) is 0 Å². The summed E-state index contributed by atoms with van der Waals surface area (Å²) in [6.45, 7) is 0. The number of benzene rings is 1. The molecule has 15 heavy (non-hydrogen) atoms. The van der Waals surface area contributed by atoms with Crippen LogP contribution < -0.4 is 10.5 Å². The zero-order valence-corrected chi connectivity index (χ0v) is 9.23. The van der Waals surface area contributed by atoms with Crippen molar-refractivity contribution in [3.63, 3.8) is 0 Å². The molecule has 1 aliphatic carbocycles. The molecule has 0 aliphatic heterocycles. The highest BCUT2D eigenvalue weighted by Crippen LogP contribution is 2.44. The number of methoxy groups -OCH3 is 1. The van der Waals surface area contributed by atoms with Gasteiger partial charge in [-0.1, -0.05) is 6.07 Å². The molecule has 0 amide bonds. The van der Waals surface area contributed by atoms with E-state index < -0.39 is 0 Å². The molecule has 2 N–H and O–H groups in total. The van der Waals surface area contributed by atoms with Crippen LogP contribution in [0.1, 0.15) is 11.1 Å². The van der Waals surface area contributed by atoms with Gasteiger partial charge in [0.25, 0.3) is 0 Å². The number of ether oxygens (including phenoxy) is 1. The maximum atomic E-state index is 5.80. The summed E-state index contributed by atoms with van der Waals surface area (Å²) >= 11 is 1.66. The smallest absolute Gasteiger partial charge is 0.119 e. The number of hydrogen-bond acceptors (Lipinski definition) is 3. The van der Waals surface area contributed by atoms with Crippen molar-refractivity contribution in [2.45, 2.75) is 6.42 Å². The number of anilines is 1. The van der Waals surface area contributed by atoms with Crippen molar-refractivity contribution in [2.75, 3.05) is 12.8 Å². The Labute approximate surface area is 92.3 Å². The van der Waals surface area contributed by atoms with Crippen LogP contribution in [0.15, 0.2) is 24.3 Å². The van der Waals surface area contributed by atoms with E-state index in [-0.39, 0.29) is 0 Å². The van der Waals surface area contributed by atoms with Crippen LogP contribution in [0.25, 0.3) is 10.4 Å². The van der Waals surface area contributed by atoms with E-state index in [4.69, 9.17) is 10.5 Å². The maximum Gasteiger partial charge on any atom is 0.119 e. The molecule has 1 aromatic carbocycles. The van der Waals surface area contributed by atoms with Gasteiger partial charge in [0.2, 0.25) is 0 Å². The lowest BCUT2D eigenvalue weighted by Crippen LogP contribution is -1.85. The minimum Gasteiger partial charge on any atom is -0.497 e. The summed E-state index contributed by atoms with van der Waals surface area (Å²) in [5, 5.41) is 0.897. The molecule has 0 fully saturated rings. The van der Waals surface area contributed by atoms with Gasteiger partial charge in [-0.2, -0.15) is 0 Å². The normalized spacial score (nSPS) is 12.3. The van der Waals surface area contributed by atoms with E-state index in [0.717, 1.165) is 17.2 Å². The predicted octanol–water partition coefficient (Wildman–Crippen LogP) is 2.91. The molecule has 2 nitrogen and oxygen atoms in total. The first-order valence-electron chi connectivity index (χ1n) is 4.83. The van der Waals surface area contributed by atoms with Crippen LogP contribution >= 0.6 is 11.3 Å². The summed E-state index contributed by atoms with van der Waals surface area (Å²) in [7, 11) is 1.69. The predicted molar refractivity (Wildman–Crippen MR) is 63.5 cm³/mol. The van der Waals surface area contributed by atoms with Gasteiger partial charge in [-0.25, -0.2) is 0 Å². The summed E-state index contributed by atoms with van der Waals surface area (Å²) in [4.78, 5) is 1.31. The largest absolute Gasteiger partial charge is 0.497 e. The van der Waals surface area contributed by atoms with Crippen molar-refractivity contribution in [2.24, 2.45) is 0 Å². The molecule has 0 radical (unpaired) electrons. The fourth-order valence-electron chi connectivity index (χ4n) is 2.06. The fourth-order valence-corrected chi connectivity index (χ4v) is 3.06. The molecule has 1 aliphatic rings. The molecule has 76 valence electrons. The molecule has 1 heterocycles. The standard InChI is InChI=1S/C12H11NOS/c1-14-9-3-2-7-4-8-5-11(13)15-12(8)10(7)6-9/h2-3,5-6H,4,13H2,1H3. The first-order valence-corrected chi connectivity index (χ1v) is 5.65. The van der Waals surface area contributed by atoms with Crippen LogP contribution in [0.5, 0.6) is 5.75 Å². The number of thiophene rings is 1. The molecule has 0 unspecified atom stereocenters. The molecule has 0 atom stereocenters. The summed E-state index contributed by atoms with van der Waals surface area (Å²) in [6.07, 6.45) is 1.00. The van der Waals surface area contributed by atoms with Crippen LogP contribution in [0.3, 0.4) is 0 Å². The van der Waals surface area contributed by atoms with Crippen LogP contribution in [0.2, 0.25) is 0 Å². The number of rotatable bonds is 1. The van der Waals surface area contributed by atoms with Gasteiger partial charge >= 0.3 is 0 Å². The molecular formula is C12H11NOS. The van der Waals surface area contributed by atoms with E-state index in [9.17, 15) is 0 Å². The molecule has 0 bridgehead atoms. The van der Waals surface area contributed by atoms with Crippen molar-refractivity contribution >= 4 is 16.3 Å². The third-order valence-electron chi connectivity index (χ3n) is 2.77. The molecule has 0 spiro atoms. The van der Waals surface area contributed by atoms with Gasteiger partial charge in [0.05, 0.1) is 12.1 Å². The number of nitrogens with two attached hydrogens (primary N) is 1. The quantitative estimate of drug-likeness (QED) is 0.680. The van der Waals surface area contributed by atoms with E-state index in [1.54, 1.807) is 18.4 Å². The summed E-state index contributed by atoms with van der Waals surface area (Å²) in [5.41, 5.74) is 9.81. The van der Waals surface area contributed by atoms with Gasteiger partial charge in [0.15, 0.2) is 0 Å². The maximum absolute atomic E-state index is 5.80. The molecule has 0 saturated carbocycles. The van der Waals surface area contributed by atoms with E-state index in [1.165, 1.54) is 21.6 Å². The first kappa shape index (κ1) is 8.80. The highest BCUT2D eigenvalue weighted by atomic mass is 32.1. The average Bonchev–Trinajstić information content (AvgIpc) is 2.73. The van der Waals surface area contributed by atoms with Crippen LogP contribution in [0, 0.1) is 0 Å². The van der Waals surface area contributed by atoms with Crippen LogP contribution in [-0.4, -0.2) is 7.11 Å². The third-order valence-corrected chi connectivity index (χ3v) is 3.81. The van der Waals surface area contributed by atoms with Gasteiger partial charge in [0, 0.05) is 4.88 Å². The van der Waals surface area contributed by atoms with E-state index >= 15 is 0 Å². The minimum atomic E-state index is 0.897. The second-order valence-electron chi connectivity index (χ2n) is 3.70. The lowest BCUT2D eigenvalue weighted by Gasteiger charge is -2.03. The second-order valence-corrected chi connectivity index (χ2v) is 4.79. The van der Waals surface area contributed by atoms with Crippen LogP contribution in [0.4, 0.5) is 5.00 Å². The SMILES string of the molecule is COc1ccc2c(c1)-c1sc(N)cc1C2. The summed E-state index contributed by atoms with van der Waals surface area (Å²) in [5.74, 6) is 0.911. The summed E-state index contributed by atoms with van der Waals surface area (Å²) in [6, 6.07) is 8.32. The van der Waals surface area contributed by atoms with E-state index in [0.29, 0.717) is 0 Å². The molecule has 3 rings (SSSR count). The Balaban J connectivity index is 2.20. The van der Waals surface area contributed by atoms with Gasteiger partial charge < -0.3 is 10.5 Å². The Bertz CT molecular complexity index is 530. The molecular weight excluding hydrogens is 206 g/mol. The Hall–Kier alpha value is -1.48. The highest BCUT2D eigenvalue weighted by molar-refractivity contribution is 7.19. The van der Waals surface area contributed by atoms with Gasteiger partial charge in [0.1, 0.15) is 5.75 Å². The molecule has 1 aromatic heterocycles. The minimum absolute atomic E-state index is 0.897. The highest BCUT2D eigenvalue weighted by Gasteiger charge is 2.21. The van der Waals surface area contributed by atoms with Crippen molar-refractivity contribution < 1.29 is 4.74 Å². The van der Waals surface area contributed by atoms with Crippen molar-refractivity contribution in [1.29, 1.82) is 0 Å². The topological polar surface area (TPSA) is 35.2 Å². The van der Waals surface area contributed by atoms with E-state index in [1.807, 2.05) is 6.07 Å². The Kier molecular flexibility index (Phi) is 1.76. The summed E-state index contributed by atoms with van der Waals surface area (Å²) < 4.78 is 5.23. The van der Waals surface area contributed by atoms with Gasteiger partial charge in [-0.15, -0.1) is 11.3 Å². The van der Waals surface area contributed by atoms with Crippen LogP contribution in [-0.2, 0) is 6.42 Å². The second kappa shape index (κ2) is 3.00. The Morgan fingerprint density at radius 2 is 2.13 bits per heavy atom. The van der Waals surface area contributed by atoms with Crippen molar-refractivity contribution in [3.8, 4) is 16.2 Å². The Morgan fingerprint density at radius 1 is 1.27 bits per heavy atom. The monoisotopic (exact) mass is 217 g/mol. The van der Waals surface area contributed by atoms with Gasteiger partial charge in [-0.3, -0.25) is 0 Å². The first-order chi connectivity index (χ1) is 7.28. The fraction of sp³-hybridized carbons (Fsp3) is 0.167. The van der Waals surface area contributed by atoms with Crippen molar-refractivity contribution in [3.05, 3.63) is 35.4 Å². The lowest BCUT2D eigenvalue weighted by atomic mass is 10.1. The lowest BCUT2D eigenvalue weighted by molar-refractivity contribution is 0.415. The van der Waals surface area contributed by atoms with E-state index in [2.05, 4.69) is 18.2 Å². The zero-order valence-electron chi connectivity index (χ0n) is 8.41.